The predicted molar refractivity (Wildman–Crippen MR) is 77.8 cm³/mol. The lowest BCUT2D eigenvalue weighted by Gasteiger charge is -2.20. The lowest BCUT2D eigenvalue weighted by molar-refractivity contribution is 0.133. The summed E-state index contributed by atoms with van der Waals surface area (Å²) in [6.07, 6.45) is 3.97. The smallest absolute Gasteiger partial charge is 0.191 e. The fourth-order valence-corrected chi connectivity index (χ4v) is 3.59. The minimum Gasteiger partial charge on any atom is -0.393 e. The molecule has 0 radical (unpaired) electrons. The lowest BCUT2D eigenvalue weighted by Crippen LogP contribution is -2.25. The number of fused-ring (bicyclic) bond motifs is 1. The van der Waals surface area contributed by atoms with Crippen molar-refractivity contribution in [1.29, 1.82) is 0 Å². The van der Waals surface area contributed by atoms with Gasteiger partial charge in [-0.25, -0.2) is 9.97 Å². The van der Waals surface area contributed by atoms with Crippen molar-refractivity contribution in [2.45, 2.75) is 24.1 Å². The summed E-state index contributed by atoms with van der Waals surface area (Å²) in [4.78, 5) is 11.3. The van der Waals surface area contributed by atoms with E-state index in [1.807, 2.05) is 19.4 Å². The van der Waals surface area contributed by atoms with Gasteiger partial charge in [-0.3, -0.25) is 0 Å². The van der Waals surface area contributed by atoms with Gasteiger partial charge in [-0.15, -0.1) is 0 Å². The summed E-state index contributed by atoms with van der Waals surface area (Å²) >= 11 is 1.55. The molecule has 1 saturated carbocycles. The van der Waals surface area contributed by atoms with Gasteiger partial charge in [-0.1, -0.05) is 11.8 Å². The topological polar surface area (TPSA) is 61.3 Å². The summed E-state index contributed by atoms with van der Waals surface area (Å²) in [6.45, 7) is 1.93. The Hall–Kier alpha value is -1.01. The number of aromatic nitrogens is 2. The van der Waals surface area contributed by atoms with Crippen molar-refractivity contribution in [2.24, 2.45) is 11.8 Å². The van der Waals surface area contributed by atoms with Crippen LogP contribution in [0.5, 0.6) is 0 Å². The number of thioether (sulfide) groups is 1. The summed E-state index contributed by atoms with van der Waals surface area (Å²) in [7, 11) is 1.87. The normalized spacial score (nSPS) is 29.6. The van der Waals surface area contributed by atoms with Gasteiger partial charge < -0.3 is 15.3 Å². The van der Waals surface area contributed by atoms with Gasteiger partial charge in [0.1, 0.15) is 11.6 Å². The molecule has 2 heterocycles. The second-order valence-electron chi connectivity index (χ2n) is 5.32. The zero-order valence-corrected chi connectivity index (χ0v) is 12.2. The van der Waals surface area contributed by atoms with Gasteiger partial charge in [0, 0.05) is 32.1 Å². The Kier molecular flexibility index (Phi) is 3.54. The SMILES string of the molecule is CNc1cc(N2CC3CCC(O)C3C2)nc(SC)n1. The summed E-state index contributed by atoms with van der Waals surface area (Å²) in [5.41, 5.74) is 0. The maximum Gasteiger partial charge on any atom is 0.191 e. The molecule has 6 heteroatoms. The third kappa shape index (κ3) is 2.39. The molecule has 0 amide bonds. The van der Waals surface area contributed by atoms with E-state index in [4.69, 9.17) is 0 Å². The average molecular weight is 280 g/mol. The Balaban J connectivity index is 1.83. The van der Waals surface area contributed by atoms with Crippen molar-refractivity contribution < 1.29 is 5.11 Å². The minimum atomic E-state index is -0.124. The van der Waals surface area contributed by atoms with E-state index in [-0.39, 0.29) is 6.10 Å². The number of rotatable bonds is 3. The van der Waals surface area contributed by atoms with Crippen LogP contribution in [-0.2, 0) is 0 Å². The summed E-state index contributed by atoms with van der Waals surface area (Å²) in [5.74, 6) is 2.88. The monoisotopic (exact) mass is 280 g/mol. The predicted octanol–water partition coefficient (Wildman–Crippen LogP) is 1.45. The van der Waals surface area contributed by atoms with Crippen LogP contribution in [0.25, 0.3) is 0 Å². The average Bonchev–Trinajstić information content (AvgIpc) is 3.01. The standard InChI is InChI=1S/C13H20N4OS/c1-14-11-5-12(16-13(15-11)19-2)17-6-8-3-4-10(18)9(8)7-17/h5,8-10,18H,3-4,6-7H2,1-2H3,(H,14,15,16). The maximum absolute atomic E-state index is 9.99. The molecule has 19 heavy (non-hydrogen) atoms. The van der Waals surface area contributed by atoms with Crippen molar-refractivity contribution in [1.82, 2.24) is 9.97 Å². The van der Waals surface area contributed by atoms with Crippen molar-refractivity contribution in [3.63, 3.8) is 0 Å². The Bertz CT molecular complexity index is 448. The second-order valence-corrected chi connectivity index (χ2v) is 6.10. The molecule has 0 aromatic carbocycles. The largest absolute Gasteiger partial charge is 0.393 e. The molecule has 1 aliphatic heterocycles. The van der Waals surface area contributed by atoms with Gasteiger partial charge in [0.25, 0.3) is 0 Å². The van der Waals surface area contributed by atoms with E-state index < -0.39 is 0 Å². The fraction of sp³-hybridized carbons (Fsp3) is 0.692. The molecule has 5 nitrogen and oxygen atoms in total. The lowest BCUT2D eigenvalue weighted by atomic mass is 10.00. The van der Waals surface area contributed by atoms with Crippen LogP contribution in [0, 0.1) is 11.8 Å². The van der Waals surface area contributed by atoms with Crippen LogP contribution in [0.3, 0.4) is 0 Å². The van der Waals surface area contributed by atoms with Crippen LogP contribution < -0.4 is 10.2 Å². The number of anilines is 2. The van der Waals surface area contributed by atoms with Crippen LogP contribution in [0.2, 0.25) is 0 Å². The fourth-order valence-electron chi connectivity index (χ4n) is 3.22. The van der Waals surface area contributed by atoms with E-state index in [1.54, 1.807) is 11.8 Å². The Morgan fingerprint density at radius 3 is 2.89 bits per heavy atom. The number of aliphatic hydroxyl groups is 1. The van der Waals surface area contributed by atoms with Crippen molar-refractivity contribution in [3.8, 4) is 0 Å². The van der Waals surface area contributed by atoms with Gasteiger partial charge in [0.2, 0.25) is 0 Å². The number of nitrogens with zero attached hydrogens (tertiary/aromatic N) is 3. The van der Waals surface area contributed by atoms with E-state index in [1.165, 1.54) is 0 Å². The quantitative estimate of drug-likeness (QED) is 0.645. The highest BCUT2D eigenvalue weighted by Crippen LogP contribution is 2.39. The summed E-state index contributed by atoms with van der Waals surface area (Å²) in [6, 6.07) is 1.99. The molecule has 104 valence electrons. The molecule has 3 atom stereocenters. The van der Waals surface area contributed by atoms with Crippen molar-refractivity contribution in [2.75, 3.05) is 36.6 Å². The molecule has 0 bridgehead atoms. The van der Waals surface area contributed by atoms with E-state index in [0.717, 1.165) is 42.7 Å². The molecule has 2 N–H and O–H groups in total. The number of aliphatic hydroxyl groups excluding tert-OH is 1. The highest BCUT2D eigenvalue weighted by Gasteiger charge is 2.42. The van der Waals surface area contributed by atoms with Crippen LogP contribution in [0.4, 0.5) is 11.6 Å². The van der Waals surface area contributed by atoms with E-state index in [0.29, 0.717) is 11.8 Å². The van der Waals surface area contributed by atoms with Crippen LogP contribution in [-0.4, -0.2) is 47.6 Å². The number of hydrogen-bond donors (Lipinski definition) is 2. The summed E-state index contributed by atoms with van der Waals surface area (Å²) < 4.78 is 0. The molecule has 2 fully saturated rings. The third-order valence-electron chi connectivity index (χ3n) is 4.27. The number of nitrogens with one attached hydrogen (secondary N) is 1. The molecular weight excluding hydrogens is 260 g/mol. The first-order chi connectivity index (χ1) is 9.21. The highest BCUT2D eigenvalue weighted by molar-refractivity contribution is 7.98. The van der Waals surface area contributed by atoms with Gasteiger partial charge in [-0.2, -0.15) is 0 Å². The molecule has 3 unspecified atom stereocenters. The minimum absolute atomic E-state index is 0.124. The van der Waals surface area contributed by atoms with Gasteiger partial charge in [-0.05, 0) is 25.0 Å². The third-order valence-corrected chi connectivity index (χ3v) is 4.82. The molecule has 3 rings (SSSR count). The highest BCUT2D eigenvalue weighted by atomic mass is 32.2. The second kappa shape index (κ2) is 5.17. The van der Waals surface area contributed by atoms with Crippen molar-refractivity contribution in [3.05, 3.63) is 6.07 Å². The molecule has 0 spiro atoms. The van der Waals surface area contributed by atoms with Gasteiger partial charge >= 0.3 is 0 Å². The molecule has 2 aliphatic rings. The zero-order chi connectivity index (χ0) is 13.4. The molecule has 1 aromatic rings. The zero-order valence-electron chi connectivity index (χ0n) is 11.3. The Morgan fingerprint density at radius 2 is 2.21 bits per heavy atom. The first kappa shape index (κ1) is 13.0. The molecule has 1 aromatic heterocycles. The molecule has 1 aliphatic carbocycles. The van der Waals surface area contributed by atoms with Crippen molar-refractivity contribution >= 4 is 23.4 Å². The van der Waals surface area contributed by atoms with Gasteiger partial charge in [0.05, 0.1) is 6.10 Å². The van der Waals surface area contributed by atoms with Crippen LogP contribution in [0.15, 0.2) is 11.2 Å². The maximum atomic E-state index is 9.99. The van der Waals surface area contributed by atoms with E-state index in [9.17, 15) is 5.11 Å². The first-order valence-corrected chi connectivity index (χ1v) is 7.97. The number of hydrogen-bond acceptors (Lipinski definition) is 6. The van der Waals surface area contributed by atoms with Crippen LogP contribution in [0.1, 0.15) is 12.8 Å². The summed E-state index contributed by atoms with van der Waals surface area (Å²) in [5, 5.41) is 13.9. The Morgan fingerprint density at radius 1 is 1.37 bits per heavy atom. The van der Waals surface area contributed by atoms with Gasteiger partial charge in [0.15, 0.2) is 5.16 Å². The first-order valence-electron chi connectivity index (χ1n) is 6.75. The molecular formula is C13H20N4OS. The van der Waals surface area contributed by atoms with E-state index in [2.05, 4.69) is 20.2 Å². The van der Waals surface area contributed by atoms with E-state index >= 15 is 0 Å². The Labute approximate surface area is 117 Å². The molecule has 1 saturated heterocycles. The van der Waals surface area contributed by atoms with Crippen LogP contribution >= 0.6 is 11.8 Å².